The first kappa shape index (κ1) is 32.1. The van der Waals surface area contributed by atoms with Gasteiger partial charge in [0.15, 0.2) is 16.6 Å². The first-order chi connectivity index (χ1) is 17.6. The highest BCUT2D eigenvalue weighted by molar-refractivity contribution is 6.74. The molecule has 0 aromatic heterocycles. The molecule has 0 heterocycles. The van der Waals surface area contributed by atoms with Gasteiger partial charge in [-0.1, -0.05) is 84.3 Å². The molecule has 3 nitrogen and oxygen atoms in total. The van der Waals surface area contributed by atoms with E-state index in [2.05, 4.69) is 85.6 Å². The third-order valence-electron chi connectivity index (χ3n) is 10.8. The van der Waals surface area contributed by atoms with E-state index in [9.17, 15) is 5.11 Å². The van der Waals surface area contributed by atoms with Crippen LogP contribution in [0.15, 0.2) is 11.6 Å². The molecule has 1 unspecified atom stereocenters. The van der Waals surface area contributed by atoms with Gasteiger partial charge >= 0.3 is 0 Å². The van der Waals surface area contributed by atoms with Crippen molar-refractivity contribution in [2.45, 2.75) is 154 Å². The molecule has 0 saturated heterocycles. The van der Waals surface area contributed by atoms with Crippen LogP contribution in [0, 0.1) is 35.5 Å². The summed E-state index contributed by atoms with van der Waals surface area (Å²) < 4.78 is 14.2. The maximum atomic E-state index is 9.24. The average Bonchev–Trinajstić information content (AvgIpc) is 2.79. The molecule has 0 bridgehead atoms. The molecule has 3 fully saturated rings. The lowest BCUT2D eigenvalue weighted by Crippen LogP contribution is -2.51. The minimum absolute atomic E-state index is 0.0599. The minimum Gasteiger partial charge on any atom is -0.413 e. The van der Waals surface area contributed by atoms with E-state index in [-0.39, 0.29) is 28.9 Å². The number of fused-ring (bicyclic) bond motifs is 1. The van der Waals surface area contributed by atoms with Gasteiger partial charge in [-0.3, -0.25) is 0 Å². The van der Waals surface area contributed by atoms with Crippen LogP contribution in [0.5, 0.6) is 0 Å². The highest BCUT2D eigenvalue weighted by Crippen LogP contribution is 2.53. The van der Waals surface area contributed by atoms with Crippen molar-refractivity contribution < 1.29 is 14.0 Å². The van der Waals surface area contributed by atoms with E-state index in [1.165, 1.54) is 38.5 Å². The van der Waals surface area contributed by atoms with Gasteiger partial charge in [0.25, 0.3) is 0 Å². The van der Waals surface area contributed by atoms with Crippen LogP contribution < -0.4 is 0 Å². The third-order valence-corrected chi connectivity index (χ3v) is 19.8. The Hall–Kier alpha value is -0.386. The summed E-state index contributed by atoms with van der Waals surface area (Å²) in [5.74, 6) is 9.88. The highest BCUT2D eigenvalue weighted by atomic mass is 28.4. The Balaban J connectivity index is 1.90. The lowest BCUT2D eigenvalue weighted by molar-refractivity contribution is 0.0210. The molecular weight excluding hydrogens is 501 g/mol. The predicted molar refractivity (Wildman–Crippen MR) is 167 cm³/mol. The van der Waals surface area contributed by atoms with Crippen molar-refractivity contribution in [3.8, 4) is 11.8 Å². The van der Waals surface area contributed by atoms with Crippen LogP contribution in [0.1, 0.15) is 106 Å². The normalized spacial score (nSPS) is 29.3. The van der Waals surface area contributed by atoms with Gasteiger partial charge in [0.05, 0.1) is 6.10 Å². The molecule has 5 heteroatoms. The van der Waals surface area contributed by atoms with Gasteiger partial charge in [-0.25, -0.2) is 0 Å². The van der Waals surface area contributed by atoms with E-state index in [0.717, 1.165) is 25.7 Å². The molecular formula is C33H60O3Si2. The third kappa shape index (κ3) is 7.66. The van der Waals surface area contributed by atoms with Crippen molar-refractivity contribution in [3.05, 3.63) is 11.6 Å². The van der Waals surface area contributed by atoms with Gasteiger partial charge < -0.3 is 14.0 Å². The molecule has 0 spiro atoms. The van der Waals surface area contributed by atoms with Gasteiger partial charge in [0.2, 0.25) is 0 Å². The monoisotopic (exact) mass is 560 g/mol. The van der Waals surface area contributed by atoms with Gasteiger partial charge in [0.1, 0.15) is 6.10 Å². The fraction of sp³-hybridized carbons (Fsp3) is 0.879. The number of allylic oxidation sites excluding steroid dienone is 2. The smallest absolute Gasteiger partial charge is 0.193 e. The lowest BCUT2D eigenvalue weighted by atomic mass is 9.57. The quantitative estimate of drug-likeness (QED) is 0.139. The van der Waals surface area contributed by atoms with Crippen molar-refractivity contribution in [1.82, 2.24) is 0 Å². The number of rotatable bonds is 8. The van der Waals surface area contributed by atoms with E-state index in [0.29, 0.717) is 23.7 Å². The molecule has 218 valence electrons. The summed E-state index contributed by atoms with van der Waals surface area (Å²) in [5, 5.41) is 9.63. The Morgan fingerprint density at radius 2 is 1.55 bits per heavy atom. The van der Waals surface area contributed by atoms with E-state index < -0.39 is 16.6 Å². The summed E-state index contributed by atoms with van der Waals surface area (Å²) >= 11 is 0. The zero-order chi connectivity index (χ0) is 28.4. The number of unbranched alkanes of at least 4 members (excludes halogenated alkanes) is 1. The minimum atomic E-state index is -1.92. The molecule has 3 saturated carbocycles. The standard InChI is InChI=1S/C33H60O3Si2/c1-32(2,3)37(7,8)35-30(25-16-12-11-13-17-25)21-20-28-29-24-26(18-14-15-23-34)27(29)19-22-31(28)36-38(9,10)33(4,5)6/h18,25,27-31,34H,11-17,19,22-24H2,1-10H3/t27-,28-,29+,30?,31-/m1/s1. The van der Waals surface area contributed by atoms with Gasteiger partial charge in [-0.15, -0.1) is 0 Å². The molecule has 3 aliphatic rings. The summed E-state index contributed by atoms with van der Waals surface area (Å²) in [5.41, 5.74) is 1.61. The van der Waals surface area contributed by atoms with E-state index in [1.54, 1.807) is 5.57 Å². The summed E-state index contributed by atoms with van der Waals surface area (Å²) in [6.45, 7) is 23.9. The largest absolute Gasteiger partial charge is 0.413 e. The zero-order valence-electron chi connectivity index (χ0n) is 26.6. The summed E-state index contributed by atoms with van der Waals surface area (Å²) in [6.07, 6.45) is 14.6. The highest BCUT2D eigenvalue weighted by Gasteiger charge is 2.50. The second-order valence-electron chi connectivity index (χ2n) is 15.6. The first-order valence-electron chi connectivity index (χ1n) is 15.7. The maximum absolute atomic E-state index is 9.24. The molecule has 0 radical (unpaired) electrons. The molecule has 3 aliphatic carbocycles. The fourth-order valence-corrected chi connectivity index (χ4v) is 8.72. The second kappa shape index (κ2) is 12.6. The maximum Gasteiger partial charge on any atom is 0.193 e. The Kier molecular flexibility index (Phi) is 10.7. The second-order valence-corrected chi connectivity index (χ2v) is 25.1. The molecule has 38 heavy (non-hydrogen) atoms. The molecule has 3 rings (SSSR count). The number of aliphatic hydroxyl groups is 1. The average molecular weight is 561 g/mol. The van der Waals surface area contributed by atoms with E-state index in [4.69, 9.17) is 8.85 Å². The molecule has 0 aromatic carbocycles. The number of aliphatic hydroxyl groups excluding tert-OH is 1. The molecule has 5 atom stereocenters. The van der Waals surface area contributed by atoms with Crippen LogP contribution in [-0.2, 0) is 8.85 Å². The van der Waals surface area contributed by atoms with Crippen molar-refractivity contribution in [1.29, 1.82) is 0 Å². The van der Waals surface area contributed by atoms with Gasteiger partial charge in [-0.05, 0) is 99.0 Å². The van der Waals surface area contributed by atoms with Crippen molar-refractivity contribution in [2.24, 2.45) is 23.7 Å². The predicted octanol–water partition coefficient (Wildman–Crippen LogP) is 9.10. The van der Waals surface area contributed by atoms with E-state index >= 15 is 0 Å². The topological polar surface area (TPSA) is 38.7 Å². The first-order valence-corrected chi connectivity index (χ1v) is 21.6. The Morgan fingerprint density at radius 1 is 0.921 bits per heavy atom. The number of hydrogen-bond donors (Lipinski definition) is 1. The molecule has 0 aliphatic heterocycles. The summed E-state index contributed by atoms with van der Waals surface area (Å²) in [6, 6.07) is 0. The van der Waals surface area contributed by atoms with Gasteiger partial charge in [-0.2, -0.15) is 0 Å². The zero-order valence-corrected chi connectivity index (χ0v) is 28.6. The van der Waals surface area contributed by atoms with E-state index in [1.807, 2.05) is 0 Å². The Labute approximate surface area is 238 Å². The van der Waals surface area contributed by atoms with Crippen molar-refractivity contribution in [3.63, 3.8) is 0 Å². The molecule has 1 N–H and O–H groups in total. The fourth-order valence-electron chi connectivity index (χ4n) is 6.11. The van der Waals surface area contributed by atoms with Crippen LogP contribution >= 0.6 is 0 Å². The van der Waals surface area contributed by atoms with Crippen LogP contribution in [0.25, 0.3) is 0 Å². The summed E-state index contributed by atoms with van der Waals surface area (Å²) in [7, 11) is -3.81. The van der Waals surface area contributed by atoms with Crippen LogP contribution in [0.4, 0.5) is 0 Å². The number of hydrogen-bond acceptors (Lipinski definition) is 3. The molecule has 0 aromatic rings. The van der Waals surface area contributed by atoms with Crippen molar-refractivity contribution >= 4 is 16.6 Å². The lowest BCUT2D eigenvalue weighted by Gasteiger charge is -2.52. The molecule has 0 amide bonds. The van der Waals surface area contributed by atoms with Crippen molar-refractivity contribution in [2.75, 3.05) is 6.61 Å². The van der Waals surface area contributed by atoms with Gasteiger partial charge in [0, 0.05) is 12.5 Å². The Bertz CT molecular complexity index is 861. The SMILES string of the molecule is CC(C)(C)[Si](C)(C)OC(C#C[C@@H]1[C@H]2CC(=CCCCO)[C@H]2CC[C@H]1O[Si](C)(C)C(C)(C)C)C1CCCCC1. The van der Waals surface area contributed by atoms with Crippen LogP contribution in [0.3, 0.4) is 0 Å². The van der Waals surface area contributed by atoms with Crippen LogP contribution in [0.2, 0.25) is 36.3 Å². The summed E-state index contributed by atoms with van der Waals surface area (Å²) in [4.78, 5) is 0. The Morgan fingerprint density at radius 3 is 2.13 bits per heavy atom. The van der Waals surface area contributed by atoms with Crippen LogP contribution in [-0.4, -0.2) is 40.6 Å².